The predicted octanol–water partition coefficient (Wildman–Crippen LogP) is 5.15. The summed E-state index contributed by atoms with van der Waals surface area (Å²) in [7, 11) is 3.06. The molecule has 4 aromatic rings. The molecule has 1 aliphatic rings. The van der Waals surface area contributed by atoms with Crippen molar-refractivity contribution in [2.45, 2.75) is 20.1 Å². The average molecular weight is 579 g/mol. The summed E-state index contributed by atoms with van der Waals surface area (Å²) in [5.74, 6) is -0.852. The van der Waals surface area contributed by atoms with Gasteiger partial charge in [-0.1, -0.05) is 48.0 Å². The number of methoxy groups -OCH3 is 1. The van der Waals surface area contributed by atoms with Gasteiger partial charge < -0.3 is 19.7 Å². The first kappa shape index (κ1) is 29.3. The molecule has 0 fully saturated rings. The SMILES string of the molecule is COC=O.Cc1ccc(F)c(NC(=O)CN(Cc2ccccc2)C(=O)c2nn(C)c3c2COc2ccc(Cl)cc2-3)c1. The van der Waals surface area contributed by atoms with Crippen molar-refractivity contribution in [2.75, 3.05) is 19.0 Å². The molecular weight excluding hydrogens is 551 g/mol. The van der Waals surface area contributed by atoms with Crippen LogP contribution in [0, 0.1) is 12.7 Å². The Labute approximate surface area is 241 Å². The van der Waals surface area contributed by atoms with E-state index in [0.717, 1.165) is 22.4 Å². The van der Waals surface area contributed by atoms with Gasteiger partial charge in [0.2, 0.25) is 5.91 Å². The molecule has 0 aliphatic carbocycles. The van der Waals surface area contributed by atoms with Crippen LogP contribution >= 0.6 is 11.6 Å². The second-order valence-corrected chi connectivity index (χ2v) is 9.68. The van der Waals surface area contributed by atoms with Crippen molar-refractivity contribution < 1.29 is 28.2 Å². The van der Waals surface area contributed by atoms with Gasteiger partial charge in [0.1, 0.15) is 24.7 Å². The van der Waals surface area contributed by atoms with Gasteiger partial charge in [0.25, 0.3) is 12.4 Å². The minimum Gasteiger partial charge on any atom is -0.488 e. The predicted molar refractivity (Wildman–Crippen MR) is 152 cm³/mol. The summed E-state index contributed by atoms with van der Waals surface area (Å²) in [6.45, 7) is 2.20. The van der Waals surface area contributed by atoms with Crippen LogP contribution in [0.3, 0.4) is 0 Å². The molecule has 1 aliphatic heterocycles. The summed E-state index contributed by atoms with van der Waals surface area (Å²) in [5.41, 5.74) is 3.98. The number of aromatic nitrogens is 2. The van der Waals surface area contributed by atoms with Crippen LogP contribution in [0.2, 0.25) is 5.02 Å². The summed E-state index contributed by atoms with van der Waals surface area (Å²) in [5, 5.41) is 7.64. The van der Waals surface area contributed by atoms with Crippen LogP contribution in [0.1, 0.15) is 27.2 Å². The molecule has 2 amide bonds. The number of rotatable bonds is 7. The molecule has 0 spiro atoms. The van der Waals surface area contributed by atoms with Gasteiger partial charge in [-0.3, -0.25) is 19.1 Å². The van der Waals surface area contributed by atoms with Gasteiger partial charge in [0, 0.05) is 29.7 Å². The normalized spacial score (nSPS) is 11.1. The van der Waals surface area contributed by atoms with Crippen LogP contribution in [-0.2, 0) is 34.5 Å². The maximum atomic E-state index is 14.2. The molecule has 3 aromatic carbocycles. The van der Waals surface area contributed by atoms with E-state index in [9.17, 15) is 14.0 Å². The molecule has 1 N–H and O–H groups in total. The molecule has 212 valence electrons. The van der Waals surface area contributed by atoms with Crippen molar-refractivity contribution in [3.8, 4) is 17.0 Å². The molecule has 11 heteroatoms. The zero-order valence-electron chi connectivity index (χ0n) is 22.7. The molecule has 0 bridgehead atoms. The standard InChI is InChI=1S/C28H24ClFN4O3.C2H4O2/c1-17-8-10-22(30)23(12-17)31-25(35)15-34(14-18-6-4-3-5-7-18)28(36)26-21-16-37-24-11-9-19(29)13-20(24)27(21)33(2)32-26;1-4-2-3/h3-13H,14-16H2,1-2H3,(H,31,35);2H,1H3. The fourth-order valence-electron chi connectivity index (χ4n) is 4.43. The number of aryl methyl sites for hydroxylation is 2. The maximum Gasteiger partial charge on any atom is 0.292 e. The highest BCUT2D eigenvalue weighted by Crippen LogP contribution is 2.40. The van der Waals surface area contributed by atoms with Gasteiger partial charge in [0.05, 0.1) is 18.5 Å². The number of hydrogen-bond acceptors (Lipinski definition) is 6. The molecule has 0 atom stereocenters. The molecule has 0 saturated heterocycles. The quantitative estimate of drug-likeness (QED) is 0.304. The molecule has 9 nitrogen and oxygen atoms in total. The van der Waals surface area contributed by atoms with Gasteiger partial charge in [-0.05, 0) is 48.4 Å². The Morgan fingerprint density at radius 1 is 1.17 bits per heavy atom. The number of benzene rings is 3. The van der Waals surface area contributed by atoms with Crippen LogP contribution in [0.4, 0.5) is 10.1 Å². The third-order valence-corrected chi connectivity index (χ3v) is 6.48. The third kappa shape index (κ3) is 6.90. The summed E-state index contributed by atoms with van der Waals surface area (Å²) in [4.78, 5) is 37.2. The maximum absolute atomic E-state index is 14.2. The van der Waals surface area contributed by atoms with E-state index in [1.54, 1.807) is 49.0 Å². The lowest BCUT2D eigenvalue weighted by atomic mass is 10.0. The number of amides is 2. The first-order valence-electron chi connectivity index (χ1n) is 12.6. The number of nitrogens with one attached hydrogen (secondary N) is 1. The van der Waals surface area contributed by atoms with Crippen molar-refractivity contribution in [2.24, 2.45) is 7.05 Å². The molecule has 41 heavy (non-hydrogen) atoms. The Hall–Kier alpha value is -4.70. The van der Waals surface area contributed by atoms with Crippen molar-refractivity contribution in [3.05, 3.63) is 100.0 Å². The van der Waals surface area contributed by atoms with Crippen LogP contribution in [0.15, 0.2) is 66.7 Å². The summed E-state index contributed by atoms with van der Waals surface area (Å²) < 4.78 is 25.6. The summed E-state index contributed by atoms with van der Waals surface area (Å²) in [6, 6.07) is 19.1. The number of nitrogens with zero attached hydrogens (tertiary/aromatic N) is 3. The van der Waals surface area contributed by atoms with Crippen molar-refractivity contribution >= 4 is 35.6 Å². The topological polar surface area (TPSA) is 103 Å². The van der Waals surface area contributed by atoms with E-state index in [2.05, 4.69) is 15.2 Å². The first-order valence-corrected chi connectivity index (χ1v) is 12.9. The van der Waals surface area contributed by atoms with Gasteiger partial charge in [-0.2, -0.15) is 5.10 Å². The van der Waals surface area contributed by atoms with Crippen LogP contribution < -0.4 is 10.1 Å². The fraction of sp³-hybridized carbons (Fsp3) is 0.200. The summed E-state index contributed by atoms with van der Waals surface area (Å²) in [6.07, 6.45) is 0. The molecule has 0 unspecified atom stereocenters. The van der Waals surface area contributed by atoms with E-state index in [1.807, 2.05) is 30.3 Å². The number of carbonyl (C=O) groups is 3. The molecule has 0 saturated carbocycles. The Balaban J connectivity index is 0.000000909. The fourth-order valence-corrected chi connectivity index (χ4v) is 4.60. The van der Waals surface area contributed by atoms with Gasteiger partial charge in [-0.15, -0.1) is 0 Å². The summed E-state index contributed by atoms with van der Waals surface area (Å²) >= 11 is 6.22. The Morgan fingerprint density at radius 3 is 2.61 bits per heavy atom. The van der Waals surface area contributed by atoms with Crippen LogP contribution in [-0.4, -0.2) is 46.6 Å². The highest BCUT2D eigenvalue weighted by Gasteiger charge is 2.31. The minimum atomic E-state index is -0.548. The number of anilines is 1. The lowest BCUT2D eigenvalue weighted by Gasteiger charge is -2.23. The van der Waals surface area contributed by atoms with Crippen molar-refractivity contribution in [3.63, 3.8) is 0 Å². The number of halogens is 2. The highest BCUT2D eigenvalue weighted by atomic mass is 35.5. The van der Waals surface area contributed by atoms with Gasteiger partial charge >= 0.3 is 0 Å². The number of hydrogen-bond donors (Lipinski definition) is 1. The average Bonchev–Trinajstić information content (AvgIpc) is 3.31. The highest BCUT2D eigenvalue weighted by molar-refractivity contribution is 6.31. The molecule has 2 heterocycles. The lowest BCUT2D eigenvalue weighted by Crippen LogP contribution is -2.38. The van der Waals surface area contributed by atoms with E-state index in [4.69, 9.17) is 21.1 Å². The van der Waals surface area contributed by atoms with Crippen LogP contribution in [0.25, 0.3) is 11.3 Å². The Bertz CT molecular complexity index is 1570. The largest absolute Gasteiger partial charge is 0.488 e. The monoisotopic (exact) mass is 578 g/mol. The number of fused-ring (bicyclic) bond motifs is 3. The number of ether oxygens (including phenoxy) is 2. The molecule has 5 rings (SSSR count). The molecular formula is C30H28ClFN4O5. The zero-order valence-corrected chi connectivity index (χ0v) is 23.4. The second kappa shape index (κ2) is 13.1. The van der Waals surface area contributed by atoms with E-state index < -0.39 is 17.6 Å². The van der Waals surface area contributed by atoms with E-state index >= 15 is 0 Å². The third-order valence-electron chi connectivity index (χ3n) is 6.25. The van der Waals surface area contributed by atoms with Gasteiger partial charge in [0.15, 0.2) is 5.69 Å². The lowest BCUT2D eigenvalue weighted by molar-refractivity contribution is -0.126. The van der Waals surface area contributed by atoms with Crippen LogP contribution in [0.5, 0.6) is 5.75 Å². The number of carbonyl (C=O) groups excluding carboxylic acids is 3. The van der Waals surface area contributed by atoms with E-state index in [1.165, 1.54) is 18.1 Å². The van der Waals surface area contributed by atoms with E-state index in [-0.39, 0.29) is 31.1 Å². The van der Waals surface area contributed by atoms with Gasteiger partial charge in [-0.25, -0.2) is 4.39 Å². The Morgan fingerprint density at radius 2 is 1.90 bits per heavy atom. The zero-order chi connectivity index (χ0) is 29.5. The second-order valence-electron chi connectivity index (χ2n) is 9.24. The molecule has 0 radical (unpaired) electrons. The molecule has 1 aromatic heterocycles. The van der Waals surface area contributed by atoms with Crippen molar-refractivity contribution in [1.29, 1.82) is 0 Å². The Kier molecular flexibility index (Phi) is 9.36. The van der Waals surface area contributed by atoms with Crippen molar-refractivity contribution in [1.82, 2.24) is 14.7 Å². The first-order chi connectivity index (χ1) is 19.7. The smallest absolute Gasteiger partial charge is 0.292 e. The minimum absolute atomic E-state index is 0.0641. The van der Waals surface area contributed by atoms with E-state index in [0.29, 0.717) is 22.8 Å².